The van der Waals surface area contributed by atoms with E-state index >= 15 is 0 Å². The highest BCUT2D eigenvalue weighted by Gasteiger charge is 2.23. The average Bonchev–Trinajstić information content (AvgIpc) is 2.73. The third-order valence-corrected chi connectivity index (χ3v) is 4.58. The Labute approximate surface area is 158 Å². The van der Waals surface area contributed by atoms with Gasteiger partial charge >= 0.3 is 6.03 Å². The maximum atomic E-state index is 12.5. The lowest BCUT2D eigenvalue weighted by atomic mass is 10.2. The standard InChI is InChI=1S/C20H22N4O3/c1-26-16-7-8-18(19(13-16)27-2)23-9-11-24(12-10-23)20(25)22-17-6-4-3-5-15(17)14-21/h3-8,13H,9-12H2,1-2H3,(H,22,25). The molecule has 0 atom stereocenters. The molecule has 1 aliphatic rings. The van der Waals surface area contributed by atoms with Crippen molar-refractivity contribution in [2.24, 2.45) is 0 Å². The van der Waals surface area contributed by atoms with Crippen molar-refractivity contribution in [2.75, 3.05) is 50.6 Å². The quantitative estimate of drug-likeness (QED) is 0.900. The molecule has 1 aliphatic heterocycles. The lowest BCUT2D eigenvalue weighted by Gasteiger charge is -2.36. The molecule has 7 heteroatoms. The van der Waals surface area contributed by atoms with Gasteiger partial charge in [0.25, 0.3) is 0 Å². The highest BCUT2D eigenvalue weighted by Crippen LogP contribution is 2.32. The third-order valence-electron chi connectivity index (χ3n) is 4.58. The van der Waals surface area contributed by atoms with E-state index in [1.165, 1.54) is 0 Å². The number of ether oxygens (including phenoxy) is 2. The lowest BCUT2D eigenvalue weighted by molar-refractivity contribution is 0.208. The van der Waals surface area contributed by atoms with E-state index in [1.807, 2.05) is 18.2 Å². The predicted octanol–water partition coefficient (Wildman–Crippen LogP) is 2.93. The first kappa shape index (κ1) is 18.4. The number of benzene rings is 2. The number of carbonyl (C=O) groups is 1. The van der Waals surface area contributed by atoms with E-state index < -0.39 is 0 Å². The minimum Gasteiger partial charge on any atom is -0.497 e. The second kappa shape index (κ2) is 8.32. The fraction of sp³-hybridized carbons (Fsp3) is 0.300. The van der Waals surface area contributed by atoms with E-state index in [1.54, 1.807) is 43.4 Å². The monoisotopic (exact) mass is 366 g/mol. The number of nitrogens with zero attached hydrogens (tertiary/aromatic N) is 3. The van der Waals surface area contributed by atoms with Crippen LogP contribution in [0.15, 0.2) is 42.5 Å². The van der Waals surface area contributed by atoms with Gasteiger partial charge in [-0.05, 0) is 24.3 Å². The molecule has 7 nitrogen and oxygen atoms in total. The SMILES string of the molecule is COc1ccc(N2CCN(C(=O)Nc3ccccc3C#N)CC2)c(OC)c1. The van der Waals surface area contributed by atoms with Crippen molar-refractivity contribution in [2.45, 2.75) is 0 Å². The number of hydrogen-bond donors (Lipinski definition) is 1. The van der Waals surface area contributed by atoms with Crippen molar-refractivity contribution in [3.63, 3.8) is 0 Å². The number of nitrogens with one attached hydrogen (secondary N) is 1. The Kier molecular flexibility index (Phi) is 5.67. The van der Waals surface area contributed by atoms with Crippen LogP contribution in [0, 0.1) is 11.3 Å². The van der Waals surface area contributed by atoms with Gasteiger partial charge in [-0.3, -0.25) is 0 Å². The van der Waals surface area contributed by atoms with E-state index in [0.717, 1.165) is 17.2 Å². The maximum absolute atomic E-state index is 12.5. The van der Waals surface area contributed by atoms with Crippen molar-refractivity contribution < 1.29 is 14.3 Å². The zero-order chi connectivity index (χ0) is 19.2. The molecular weight excluding hydrogens is 344 g/mol. The van der Waals surface area contributed by atoms with Gasteiger partial charge in [0.2, 0.25) is 0 Å². The smallest absolute Gasteiger partial charge is 0.322 e. The molecule has 2 aromatic rings. The van der Waals surface area contributed by atoms with Crippen molar-refractivity contribution >= 4 is 17.4 Å². The summed E-state index contributed by atoms with van der Waals surface area (Å²) in [6.07, 6.45) is 0. The number of hydrogen-bond acceptors (Lipinski definition) is 5. The van der Waals surface area contributed by atoms with Gasteiger partial charge in [-0.15, -0.1) is 0 Å². The van der Waals surface area contributed by atoms with Crippen LogP contribution in [0.3, 0.4) is 0 Å². The molecule has 0 aliphatic carbocycles. The van der Waals surface area contributed by atoms with E-state index in [9.17, 15) is 4.79 Å². The molecule has 2 amide bonds. The number of urea groups is 1. The summed E-state index contributed by atoms with van der Waals surface area (Å²) in [5, 5.41) is 12.0. The highest BCUT2D eigenvalue weighted by molar-refractivity contribution is 5.91. The van der Waals surface area contributed by atoms with Gasteiger partial charge in [0, 0.05) is 32.2 Å². The van der Waals surface area contributed by atoms with E-state index in [0.29, 0.717) is 37.4 Å². The number of piperazine rings is 1. The van der Waals surface area contributed by atoms with E-state index in [4.69, 9.17) is 14.7 Å². The van der Waals surface area contributed by atoms with Gasteiger partial charge in [0.05, 0.1) is 31.2 Å². The molecule has 0 radical (unpaired) electrons. The van der Waals surface area contributed by atoms with Crippen LogP contribution >= 0.6 is 0 Å². The molecule has 3 rings (SSSR count). The number of carbonyl (C=O) groups excluding carboxylic acids is 1. The molecule has 1 fully saturated rings. The number of methoxy groups -OCH3 is 2. The summed E-state index contributed by atoms with van der Waals surface area (Å²) in [6, 6.07) is 14.6. The van der Waals surface area contributed by atoms with Gasteiger partial charge in [-0.2, -0.15) is 5.26 Å². The van der Waals surface area contributed by atoms with Crippen LogP contribution in [0.25, 0.3) is 0 Å². The second-order valence-electron chi connectivity index (χ2n) is 6.10. The summed E-state index contributed by atoms with van der Waals surface area (Å²) in [6.45, 7) is 2.54. The molecule has 0 aromatic heterocycles. The topological polar surface area (TPSA) is 77.8 Å². The minimum atomic E-state index is -0.195. The van der Waals surface area contributed by atoms with Gasteiger partial charge in [0.1, 0.15) is 17.6 Å². The number of amides is 2. The number of nitriles is 1. The minimum absolute atomic E-state index is 0.195. The van der Waals surface area contributed by atoms with Crippen LogP contribution in [0.2, 0.25) is 0 Å². The molecule has 0 unspecified atom stereocenters. The molecule has 0 saturated carbocycles. The van der Waals surface area contributed by atoms with Crippen molar-refractivity contribution in [1.82, 2.24) is 4.90 Å². The molecule has 1 heterocycles. The Hall–Kier alpha value is -3.40. The summed E-state index contributed by atoms with van der Waals surface area (Å²) in [4.78, 5) is 16.5. The average molecular weight is 366 g/mol. The molecule has 140 valence electrons. The van der Waals surface area contributed by atoms with Crippen LogP contribution in [0.1, 0.15) is 5.56 Å². The summed E-state index contributed by atoms with van der Waals surface area (Å²) in [5.74, 6) is 1.49. The summed E-state index contributed by atoms with van der Waals surface area (Å²) >= 11 is 0. The Morgan fingerprint density at radius 1 is 1.07 bits per heavy atom. The summed E-state index contributed by atoms with van der Waals surface area (Å²) in [7, 11) is 3.25. The molecule has 0 bridgehead atoms. The van der Waals surface area contributed by atoms with Gasteiger partial charge < -0.3 is 24.6 Å². The van der Waals surface area contributed by atoms with Crippen molar-refractivity contribution in [3.05, 3.63) is 48.0 Å². The number of rotatable bonds is 4. The van der Waals surface area contributed by atoms with E-state index in [-0.39, 0.29) is 6.03 Å². The van der Waals surface area contributed by atoms with Crippen LogP contribution in [0.4, 0.5) is 16.2 Å². The lowest BCUT2D eigenvalue weighted by Crippen LogP contribution is -2.50. The van der Waals surface area contributed by atoms with Crippen molar-refractivity contribution in [3.8, 4) is 17.6 Å². The first-order valence-electron chi connectivity index (χ1n) is 8.68. The summed E-state index contributed by atoms with van der Waals surface area (Å²) < 4.78 is 10.7. The third kappa shape index (κ3) is 4.06. The Morgan fingerprint density at radius 3 is 2.48 bits per heavy atom. The highest BCUT2D eigenvalue weighted by atomic mass is 16.5. The zero-order valence-corrected chi connectivity index (χ0v) is 15.4. The largest absolute Gasteiger partial charge is 0.497 e. The normalized spacial score (nSPS) is 13.7. The fourth-order valence-corrected chi connectivity index (χ4v) is 3.08. The molecular formula is C20H22N4O3. The first-order valence-corrected chi connectivity index (χ1v) is 8.68. The molecule has 1 N–H and O–H groups in total. The predicted molar refractivity (Wildman–Crippen MR) is 104 cm³/mol. The molecule has 27 heavy (non-hydrogen) atoms. The van der Waals surface area contributed by atoms with Gasteiger partial charge in [-0.1, -0.05) is 12.1 Å². The summed E-state index contributed by atoms with van der Waals surface area (Å²) in [5.41, 5.74) is 1.96. The van der Waals surface area contributed by atoms with E-state index in [2.05, 4.69) is 16.3 Å². The maximum Gasteiger partial charge on any atom is 0.322 e. The Bertz CT molecular complexity index is 855. The first-order chi connectivity index (χ1) is 13.2. The molecule has 0 spiro atoms. The Morgan fingerprint density at radius 2 is 1.81 bits per heavy atom. The van der Waals surface area contributed by atoms with Crippen LogP contribution in [0.5, 0.6) is 11.5 Å². The molecule has 1 saturated heterocycles. The van der Waals surface area contributed by atoms with Gasteiger partial charge in [-0.25, -0.2) is 4.79 Å². The van der Waals surface area contributed by atoms with Crippen LogP contribution < -0.4 is 19.7 Å². The van der Waals surface area contributed by atoms with Crippen molar-refractivity contribution in [1.29, 1.82) is 5.26 Å². The second-order valence-corrected chi connectivity index (χ2v) is 6.10. The fourth-order valence-electron chi connectivity index (χ4n) is 3.08. The van der Waals surface area contributed by atoms with Gasteiger partial charge in [0.15, 0.2) is 0 Å². The number of anilines is 2. The number of para-hydroxylation sites is 1. The molecule has 2 aromatic carbocycles. The van der Waals surface area contributed by atoms with Crippen LogP contribution in [-0.2, 0) is 0 Å². The zero-order valence-electron chi connectivity index (χ0n) is 15.4. The van der Waals surface area contributed by atoms with Crippen LogP contribution in [-0.4, -0.2) is 51.3 Å². The Balaban J connectivity index is 1.63.